The molecule has 0 aliphatic carbocycles. The van der Waals surface area contributed by atoms with Crippen LogP contribution in [0.15, 0.2) is 73.2 Å². The molecule has 0 aliphatic heterocycles. The molecule has 2 N–H and O–H groups in total. The fourth-order valence-corrected chi connectivity index (χ4v) is 4.17. The molecule has 0 radical (unpaired) electrons. The second kappa shape index (κ2) is 9.50. The van der Waals surface area contributed by atoms with Crippen molar-refractivity contribution in [3.63, 3.8) is 0 Å². The summed E-state index contributed by atoms with van der Waals surface area (Å²) >= 11 is 0. The Labute approximate surface area is 210 Å². The van der Waals surface area contributed by atoms with Gasteiger partial charge in [0.05, 0.1) is 22.3 Å². The van der Waals surface area contributed by atoms with Gasteiger partial charge in [-0.2, -0.15) is 13.2 Å². The van der Waals surface area contributed by atoms with Gasteiger partial charge in [-0.15, -0.1) is 0 Å². The predicted molar refractivity (Wildman–Crippen MR) is 135 cm³/mol. The first-order valence-corrected chi connectivity index (χ1v) is 11.5. The minimum Gasteiger partial charge on any atom is -0.358 e. The monoisotopic (exact) mass is 501 g/mol. The summed E-state index contributed by atoms with van der Waals surface area (Å²) in [6.45, 7) is 3.46. The molecule has 0 spiro atoms. The largest absolute Gasteiger partial charge is 0.416 e. The zero-order valence-corrected chi connectivity index (χ0v) is 20.0. The van der Waals surface area contributed by atoms with E-state index in [0.717, 1.165) is 45.6 Å². The van der Waals surface area contributed by atoms with Crippen LogP contribution in [0.2, 0.25) is 0 Å². The molecule has 37 heavy (non-hydrogen) atoms. The van der Waals surface area contributed by atoms with Gasteiger partial charge >= 0.3 is 6.18 Å². The van der Waals surface area contributed by atoms with Crippen molar-refractivity contribution in [3.8, 4) is 11.3 Å². The van der Waals surface area contributed by atoms with Gasteiger partial charge in [0.1, 0.15) is 5.82 Å². The topological polar surface area (TPSA) is 83.6 Å². The summed E-state index contributed by atoms with van der Waals surface area (Å²) in [5.74, 6) is -0.0288. The maximum Gasteiger partial charge on any atom is 0.416 e. The molecule has 0 atom stereocenters. The van der Waals surface area contributed by atoms with Gasteiger partial charge in [-0.25, -0.2) is 9.97 Å². The lowest BCUT2D eigenvalue weighted by Crippen LogP contribution is -2.15. The van der Waals surface area contributed by atoms with E-state index in [1.54, 1.807) is 30.7 Å². The van der Waals surface area contributed by atoms with E-state index in [0.29, 0.717) is 23.5 Å². The summed E-state index contributed by atoms with van der Waals surface area (Å²) in [4.78, 5) is 29.6. The van der Waals surface area contributed by atoms with Crippen molar-refractivity contribution in [3.05, 3.63) is 107 Å². The number of hydrogen-bond donors (Lipinski definition) is 2. The molecule has 0 saturated heterocycles. The molecule has 186 valence electrons. The number of pyridine rings is 1. The number of nitrogens with one attached hydrogen (secondary N) is 2. The highest BCUT2D eigenvalue weighted by atomic mass is 19.4. The molecule has 3 heterocycles. The number of hydrogen-bond acceptors (Lipinski definition) is 4. The summed E-state index contributed by atoms with van der Waals surface area (Å²) in [7, 11) is 0. The van der Waals surface area contributed by atoms with Gasteiger partial charge in [0.25, 0.3) is 5.91 Å². The zero-order chi connectivity index (χ0) is 26.2. The fraction of sp³-hybridized carbons (Fsp3) is 0.143. The first kappa shape index (κ1) is 24.2. The van der Waals surface area contributed by atoms with Crippen molar-refractivity contribution in [1.82, 2.24) is 19.9 Å². The molecule has 0 bridgehead atoms. The van der Waals surface area contributed by atoms with Gasteiger partial charge < -0.3 is 10.3 Å². The summed E-state index contributed by atoms with van der Waals surface area (Å²) in [6.07, 6.45) is 1.10. The number of halogens is 3. The molecule has 0 fully saturated rings. The first-order chi connectivity index (χ1) is 17.7. The van der Waals surface area contributed by atoms with Crippen LogP contribution in [0.3, 0.4) is 0 Å². The lowest BCUT2D eigenvalue weighted by atomic mass is 10.0. The number of carbonyl (C=O) groups is 1. The van der Waals surface area contributed by atoms with Gasteiger partial charge in [-0.1, -0.05) is 6.07 Å². The number of anilines is 1. The Bertz CT molecular complexity index is 1610. The molecule has 5 aromatic rings. The van der Waals surface area contributed by atoms with Crippen molar-refractivity contribution in [2.75, 3.05) is 5.32 Å². The van der Waals surface area contributed by atoms with E-state index < -0.39 is 17.6 Å². The van der Waals surface area contributed by atoms with Crippen LogP contribution in [0, 0.1) is 13.8 Å². The number of nitrogens with zero attached hydrogens (tertiary/aromatic N) is 3. The van der Waals surface area contributed by atoms with E-state index in [4.69, 9.17) is 4.98 Å². The summed E-state index contributed by atoms with van der Waals surface area (Å²) in [5.41, 5.74) is 4.92. The van der Waals surface area contributed by atoms with Crippen LogP contribution >= 0.6 is 0 Å². The van der Waals surface area contributed by atoms with E-state index in [1.165, 1.54) is 13.0 Å². The molecule has 0 unspecified atom stereocenters. The normalized spacial score (nSPS) is 11.6. The Morgan fingerprint density at radius 1 is 1.03 bits per heavy atom. The number of carbonyl (C=O) groups excluding carboxylic acids is 1. The van der Waals surface area contributed by atoms with E-state index in [-0.39, 0.29) is 5.56 Å². The molecule has 3 aromatic heterocycles. The number of alkyl halides is 3. The van der Waals surface area contributed by atoms with Gasteiger partial charge in [0.2, 0.25) is 0 Å². The number of benzene rings is 2. The number of aryl methyl sites for hydroxylation is 2. The highest BCUT2D eigenvalue weighted by Crippen LogP contribution is 2.31. The highest BCUT2D eigenvalue weighted by molar-refractivity contribution is 6.04. The van der Waals surface area contributed by atoms with Crippen LogP contribution in [0.4, 0.5) is 18.9 Å². The van der Waals surface area contributed by atoms with Crippen LogP contribution < -0.4 is 5.32 Å². The smallest absolute Gasteiger partial charge is 0.358 e. The quantitative estimate of drug-likeness (QED) is 0.288. The molecular weight excluding hydrogens is 479 g/mol. The number of aromatic amines is 1. The fourth-order valence-electron chi connectivity index (χ4n) is 4.17. The molecule has 1 amide bonds. The zero-order valence-electron chi connectivity index (χ0n) is 20.0. The third kappa shape index (κ3) is 5.20. The second-order valence-corrected chi connectivity index (χ2v) is 8.83. The molecule has 0 aliphatic rings. The van der Waals surface area contributed by atoms with E-state index in [2.05, 4.69) is 20.3 Å². The molecular formula is C28H22F3N5O. The average molecular weight is 502 g/mol. The van der Waals surface area contributed by atoms with Gasteiger partial charge in [0, 0.05) is 41.8 Å². The van der Waals surface area contributed by atoms with Gasteiger partial charge in [-0.05, 0) is 79.1 Å². The van der Waals surface area contributed by atoms with Gasteiger partial charge in [-0.3, -0.25) is 9.78 Å². The summed E-state index contributed by atoms with van der Waals surface area (Å²) in [6, 6.07) is 14.3. The lowest BCUT2D eigenvalue weighted by Gasteiger charge is -2.13. The van der Waals surface area contributed by atoms with Crippen LogP contribution in [0.5, 0.6) is 0 Å². The lowest BCUT2D eigenvalue weighted by molar-refractivity contribution is -0.137. The van der Waals surface area contributed by atoms with Crippen LogP contribution in [-0.4, -0.2) is 25.8 Å². The van der Waals surface area contributed by atoms with Crippen LogP contribution in [-0.2, 0) is 12.6 Å². The van der Waals surface area contributed by atoms with Crippen molar-refractivity contribution in [1.29, 1.82) is 0 Å². The third-order valence-corrected chi connectivity index (χ3v) is 6.01. The second-order valence-electron chi connectivity index (χ2n) is 8.83. The maximum atomic E-state index is 13.2. The molecule has 2 aromatic carbocycles. The Balaban J connectivity index is 1.44. The third-order valence-electron chi connectivity index (χ3n) is 6.01. The Morgan fingerprint density at radius 3 is 2.62 bits per heavy atom. The minimum absolute atomic E-state index is 0.0585. The van der Waals surface area contributed by atoms with Gasteiger partial charge in [0.15, 0.2) is 0 Å². The molecule has 0 saturated carbocycles. The van der Waals surface area contributed by atoms with Crippen molar-refractivity contribution in [2.45, 2.75) is 26.4 Å². The highest BCUT2D eigenvalue weighted by Gasteiger charge is 2.31. The van der Waals surface area contributed by atoms with E-state index >= 15 is 0 Å². The minimum atomic E-state index is -4.53. The Morgan fingerprint density at radius 2 is 1.86 bits per heavy atom. The average Bonchev–Trinajstić information content (AvgIpc) is 3.34. The number of H-pyrrole nitrogens is 1. The van der Waals surface area contributed by atoms with Crippen molar-refractivity contribution >= 4 is 22.6 Å². The first-order valence-electron chi connectivity index (χ1n) is 11.5. The predicted octanol–water partition coefficient (Wildman–Crippen LogP) is 6.50. The maximum absolute atomic E-state index is 13.2. The number of aromatic nitrogens is 4. The van der Waals surface area contributed by atoms with E-state index in [1.807, 2.05) is 31.2 Å². The summed E-state index contributed by atoms with van der Waals surface area (Å²) in [5, 5.41) is 2.72. The van der Waals surface area contributed by atoms with Crippen LogP contribution in [0.25, 0.3) is 22.3 Å². The standard InChI is InChI=1S/C28H22F3N5O/c1-16-10-20(12-21(11-16)28(29,30)31)27(37)34-22-6-5-17(2)19(13-22)14-24-35-23-7-9-33-26(23)25(36-24)18-4-3-8-32-15-18/h3-13,15,33H,14H2,1-2H3,(H,34,37). The molecule has 5 rings (SSSR count). The Hall–Kier alpha value is -4.53. The summed E-state index contributed by atoms with van der Waals surface area (Å²) < 4.78 is 39.6. The molecule has 6 nitrogen and oxygen atoms in total. The Kier molecular flexibility index (Phi) is 6.20. The SMILES string of the molecule is Cc1cc(C(=O)Nc2ccc(C)c(Cc3nc(-c4cccnc4)c4[nH]ccc4n3)c2)cc(C(F)(F)F)c1. The number of fused-ring (bicyclic) bond motifs is 1. The molecule has 9 heteroatoms. The number of rotatable bonds is 5. The van der Waals surface area contributed by atoms with Crippen molar-refractivity contribution in [2.24, 2.45) is 0 Å². The van der Waals surface area contributed by atoms with Crippen molar-refractivity contribution < 1.29 is 18.0 Å². The number of amides is 1. The van der Waals surface area contributed by atoms with E-state index in [9.17, 15) is 18.0 Å². The van der Waals surface area contributed by atoms with Crippen LogP contribution in [0.1, 0.15) is 38.4 Å².